The van der Waals surface area contributed by atoms with Gasteiger partial charge in [-0.3, -0.25) is 15.1 Å². The Bertz CT molecular complexity index is 817. The normalized spacial score (nSPS) is 10.5. The molecule has 0 unspecified atom stereocenters. The molecule has 0 saturated carbocycles. The lowest BCUT2D eigenvalue weighted by Crippen LogP contribution is -2.12. The van der Waals surface area contributed by atoms with E-state index in [1.165, 1.54) is 17.4 Å². The minimum atomic E-state index is -0.400. The highest BCUT2D eigenvalue weighted by molar-refractivity contribution is 7.14. The van der Waals surface area contributed by atoms with Crippen molar-refractivity contribution in [3.63, 3.8) is 0 Å². The van der Waals surface area contributed by atoms with Crippen molar-refractivity contribution in [1.82, 2.24) is 9.97 Å². The fraction of sp³-hybridized carbons (Fsp3) is 0.0625. The van der Waals surface area contributed by atoms with E-state index < -0.39 is 5.82 Å². The summed E-state index contributed by atoms with van der Waals surface area (Å²) in [5.41, 5.74) is 2.38. The largest absolute Gasteiger partial charge is 0.298 e. The summed E-state index contributed by atoms with van der Waals surface area (Å²) in [7, 11) is 0. The minimum Gasteiger partial charge on any atom is -0.298 e. The van der Waals surface area contributed by atoms with Gasteiger partial charge in [0.25, 0.3) is 5.91 Å². The number of pyridine rings is 1. The lowest BCUT2D eigenvalue weighted by atomic mass is 10.1. The molecule has 1 aromatic carbocycles. The molecule has 0 fully saturated rings. The van der Waals surface area contributed by atoms with Crippen LogP contribution in [-0.4, -0.2) is 15.9 Å². The molecule has 0 saturated heterocycles. The first-order valence-electron chi connectivity index (χ1n) is 6.57. The molecule has 1 amide bonds. The molecular weight excluding hydrogens is 301 g/mol. The molecular formula is C16H12FN3OS. The van der Waals surface area contributed by atoms with E-state index in [2.05, 4.69) is 15.3 Å². The summed E-state index contributed by atoms with van der Waals surface area (Å²) >= 11 is 1.31. The Kier molecular flexibility index (Phi) is 3.93. The minimum absolute atomic E-state index is 0.265. The highest BCUT2D eigenvalue weighted by Gasteiger charge is 2.11. The molecule has 1 N–H and O–H groups in total. The van der Waals surface area contributed by atoms with E-state index in [0.717, 1.165) is 11.3 Å². The molecule has 0 aliphatic carbocycles. The summed E-state index contributed by atoms with van der Waals surface area (Å²) in [6.07, 6.45) is 3.39. The van der Waals surface area contributed by atoms with E-state index in [4.69, 9.17) is 0 Å². The van der Waals surface area contributed by atoms with Gasteiger partial charge in [0.2, 0.25) is 0 Å². The van der Waals surface area contributed by atoms with Crippen molar-refractivity contribution >= 4 is 22.4 Å². The van der Waals surface area contributed by atoms with Gasteiger partial charge in [0.05, 0.1) is 5.69 Å². The molecule has 0 spiro atoms. The number of thiazole rings is 1. The van der Waals surface area contributed by atoms with Gasteiger partial charge in [0.15, 0.2) is 5.13 Å². The first kappa shape index (κ1) is 14.3. The van der Waals surface area contributed by atoms with Crippen LogP contribution in [0.4, 0.5) is 9.52 Å². The van der Waals surface area contributed by atoms with E-state index >= 15 is 0 Å². The Labute approximate surface area is 130 Å². The second kappa shape index (κ2) is 6.03. The van der Waals surface area contributed by atoms with Gasteiger partial charge in [-0.25, -0.2) is 9.37 Å². The highest BCUT2D eigenvalue weighted by Crippen LogP contribution is 2.24. The number of hydrogen-bond donors (Lipinski definition) is 1. The van der Waals surface area contributed by atoms with Crippen LogP contribution in [-0.2, 0) is 0 Å². The van der Waals surface area contributed by atoms with Gasteiger partial charge in [0.1, 0.15) is 5.82 Å². The standard InChI is InChI=1S/C16H12FN3OS/c1-10-4-5-11(7-13(10)17)15(21)20-16-19-14(9-22-16)12-3-2-6-18-8-12/h2-9H,1H3,(H,19,20,21). The maximum absolute atomic E-state index is 13.5. The molecule has 3 aromatic rings. The van der Waals surface area contributed by atoms with Crippen LogP contribution in [0.5, 0.6) is 0 Å². The predicted octanol–water partition coefficient (Wildman–Crippen LogP) is 3.90. The molecule has 6 heteroatoms. The summed E-state index contributed by atoms with van der Waals surface area (Å²) in [5, 5.41) is 4.97. The van der Waals surface area contributed by atoms with E-state index in [0.29, 0.717) is 10.7 Å². The topological polar surface area (TPSA) is 54.9 Å². The smallest absolute Gasteiger partial charge is 0.257 e. The van der Waals surface area contributed by atoms with Crippen LogP contribution in [0.25, 0.3) is 11.3 Å². The molecule has 22 heavy (non-hydrogen) atoms. The number of benzene rings is 1. The van der Waals surface area contributed by atoms with Gasteiger partial charge < -0.3 is 0 Å². The third-order valence-electron chi connectivity index (χ3n) is 3.12. The molecule has 2 heterocycles. The van der Waals surface area contributed by atoms with Crippen LogP contribution in [0.3, 0.4) is 0 Å². The maximum Gasteiger partial charge on any atom is 0.257 e. The quantitative estimate of drug-likeness (QED) is 0.797. The van der Waals surface area contributed by atoms with Gasteiger partial charge in [-0.05, 0) is 36.8 Å². The van der Waals surface area contributed by atoms with Crippen molar-refractivity contribution in [3.05, 3.63) is 65.0 Å². The van der Waals surface area contributed by atoms with Crippen LogP contribution in [0.15, 0.2) is 48.1 Å². The fourth-order valence-corrected chi connectivity index (χ4v) is 2.60. The monoisotopic (exact) mass is 313 g/mol. The van der Waals surface area contributed by atoms with Gasteiger partial charge in [-0.2, -0.15) is 0 Å². The Morgan fingerprint density at radius 3 is 2.91 bits per heavy atom. The summed E-state index contributed by atoms with van der Waals surface area (Å²) in [6.45, 7) is 1.65. The Morgan fingerprint density at radius 1 is 1.32 bits per heavy atom. The lowest BCUT2D eigenvalue weighted by molar-refractivity contribution is 0.102. The molecule has 0 atom stereocenters. The number of nitrogens with zero attached hydrogens (tertiary/aromatic N) is 2. The third-order valence-corrected chi connectivity index (χ3v) is 3.87. The number of carbonyl (C=O) groups is 1. The number of halogens is 1. The molecule has 110 valence electrons. The first-order valence-corrected chi connectivity index (χ1v) is 7.45. The van der Waals surface area contributed by atoms with Gasteiger partial charge in [-0.1, -0.05) is 6.07 Å². The predicted molar refractivity (Wildman–Crippen MR) is 84.4 cm³/mol. The van der Waals surface area contributed by atoms with Crippen molar-refractivity contribution in [2.24, 2.45) is 0 Å². The average Bonchev–Trinajstić information content (AvgIpc) is 2.99. The first-order chi connectivity index (χ1) is 10.6. The second-order valence-electron chi connectivity index (χ2n) is 4.70. The molecule has 0 radical (unpaired) electrons. The number of aromatic nitrogens is 2. The number of amides is 1. The fourth-order valence-electron chi connectivity index (χ4n) is 1.88. The average molecular weight is 313 g/mol. The van der Waals surface area contributed by atoms with Crippen LogP contribution in [0.2, 0.25) is 0 Å². The van der Waals surface area contributed by atoms with Crippen molar-refractivity contribution in [2.45, 2.75) is 6.92 Å². The van der Waals surface area contributed by atoms with Crippen molar-refractivity contribution in [1.29, 1.82) is 0 Å². The zero-order chi connectivity index (χ0) is 15.5. The number of nitrogens with one attached hydrogen (secondary N) is 1. The zero-order valence-corrected chi connectivity index (χ0v) is 12.5. The van der Waals surface area contributed by atoms with Crippen LogP contribution in [0.1, 0.15) is 15.9 Å². The van der Waals surface area contributed by atoms with Crippen molar-refractivity contribution < 1.29 is 9.18 Å². The van der Waals surface area contributed by atoms with E-state index in [-0.39, 0.29) is 11.5 Å². The lowest BCUT2D eigenvalue weighted by Gasteiger charge is -2.03. The van der Waals surface area contributed by atoms with Gasteiger partial charge >= 0.3 is 0 Å². The summed E-state index contributed by atoms with van der Waals surface area (Å²) in [5.74, 6) is -0.783. The summed E-state index contributed by atoms with van der Waals surface area (Å²) < 4.78 is 13.5. The van der Waals surface area contributed by atoms with E-state index in [1.54, 1.807) is 31.5 Å². The SMILES string of the molecule is Cc1ccc(C(=O)Nc2nc(-c3cccnc3)cs2)cc1F. The van der Waals surface area contributed by atoms with Crippen LogP contribution < -0.4 is 5.32 Å². The zero-order valence-electron chi connectivity index (χ0n) is 11.7. The van der Waals surface area contributed by atoms with Crippen LogP contribution in [0, 0.1) is 12.7 Å². The molecule has 0 aliphatic heterocycles. The van der Waals surface area contributed by atoms with E-state index in [9.17, 15) is 9.18 Å². The number of aryl methyl sites for hydroxylation is 1. The van der Waals surface area contributed by atoms with Crippen molar-refractivity contribution in [2.75, 3.05) is 5.32 Å². The van der Waals surface area contributed by atoms with Crippen molar-refractivity contribution in [3.8, 4) is 11.3 Å². The number of carbonyl (C=O) groups excluding carboxylic acids is 1. The van der Waals surface area contributed by atoms with Gasteiger partial charge in [0, 0.05) is 28.9 Å². The molecule has 0 aliphatic rings. The molecule has 4 nitrogen and oxygen atoms in total. The second-order valence-corrected chi connectivity index (χ2v) is 5.56. The highest BCUT2D eigenvalue weighted by atomic mass is 32.1. The number of hydrogen-bond acceptors (Lipinski definition) is 4. The van der Waals surface area contributed by atoms with Crippen LogP contribution >= 0.6 is 11.3 Å². The number of rotatable bonds is 3. The summed E-state index contributed by atoms with van der Waals surface area (Å²) in [4.78, 5) is 20.5. The molecule has 3 rings (SSSR count). The molecule has 0 bridgehead atoms. The third kappa shape index (κ3) is 3.01. The maximum atomic E-state index is 13.5. The van der Waals surface area contributed by atoms with E-state index in [1.807, 2.05) is 17.5 Å². The number of anilines is 1. The Hall–Kier alpha value is -2.60. The molecule has 2 aromatic heterocycles. The van der Waals surface area contributed by atoms with Gasteiger partial charge in [-0.15, -0.1) is 11.3 Å². The Balaban J connectivity index is 1.77. The Morgan fingerprint density at radius 2 is 2.18 bits per heavy atom. The summed E-state index contributed by atoms with van der Waals surface area (Å²) in [6, 6.07) is 8.10.